The molecule has 0 bridgehead atoms. The number of ketones is 4. The highest BCUT2D eigenvalue weighted by Gasteiger charge is 2.48. The van der Waals surface area contributed by atoms with Gasteiger partial charge in [0.15, 0.2) is 42.8 Å². The lowest BCUT2D eigenvalue weighted by atomic mass is 9.69. The number of hydrogen-bond acceptors (Lipinski definition) is 26. The van der Waals surface area contributed by atoms with Crippen LogP contribution < -0.4 is 29.6 Å². The number of rotatable bonds is 18. The first-order valence-corrected chi connectivity index (χ1v) is 43.1. The maximum absolute atomic E-state index is 13.7. The van der Waals surface area contributed by atoms with Gasteiger partial charge >= 0.3 is 0 Å². The molecule has 4 aliphatic carbocycles. The molecule has 8 heterocycles. The van der Waals surface area contributed by atoms with E-state index in [-0.39, 0.29) is 69.1 Å². The van der Waals surface area contributed by atoms with E-state index in [1.807, 2.05) is 101 Å². The Bertz CT molecular complexity index is 6000. The van der Waals surface area contributed by atoms with E-state index < -0.39 is 41.3 Å². The highest BCUT2D eigenvalue weighted by Crippen LogP contribution is 2.45. The van der Waals surface area contributed by atoms with Gasteiger partial charge in [-0.2, -0.15) is 20.4 Å². The second-order valence-corrected chi connectivity index (χ2v) is 36.7. The van der Waals surface area contributed by atoms with Crippen molar-refractivity contribution in [2.75, 3.05) is 50.6 Å². The predicted molar refractivity (Wildman–Crippen MR) is 452 cm³/mol. The molecule has 2 N–H and O–H groups in total. The van der Waals surface area contributed by atoms with E-state index in [2.05, 4.69) is 71.4 Å². The Hall–Kier alpha value is -11.3. The molecular weight excluding hydrogens is 1610 g/mol. The van der Waals surface area contributed by atoms with Gasteiger partial charge in [-0.15, -0.1) is 20.4 Å². The van der Waals surface area contributed by atoms with Crippen molar-refractivity contribution >= 4 is 89.5 Å². The summed E-state index contributed by atoms with van der Waals surface area (Å²) < 4.78 is 68.6. The molecule has 14 rings (SSSR count). The summed E-state index contributed by atoms with van der Waals surface area (Å²) in [6.45, 7) is 25.8. The number of amides is 2. The minimum absolute atomic E-state index is 0.0188. The fraction of sp³-hybridized carbons (Fsp3) is 0.386. The van der Waals surface area contributed by atoms with E-state index in [9.17, 15) is 45.6 Å². The van der Waals surface area contributed by atoms with Gasteiger partial charge in [-0.05, 0) is 240 Å². The molecule has 2 aromatic carbocycles. The lowest BCUT2D eigenvalue weighted by molar-refractivity contribution is -0.116. The molecule has 2 amide bonds. The number of carbonyl (C=O) groups excluding carboxylic acids is 6. The number of aryl methyl sites for hydroxylation is 12. The third-order valence-corrected chi connectivity index (χ3v) is 26.7. The number of halogens is 2. The predicted octanol–water partition coefficient (Wildman–Crippen LogP) is 13.6. The van der Waals surface area contributed by atoms with Gasteiger partial charge in [-0.3, -0.25) is 28.8 Å². The quantitative estimate of drug-likeness (QED) is 0.0753. The van der Waals surface area contributed by atoms with Crippen molar-refractivity contribution in [1.29, 1.82) is 0 Å². The Morgan fingerprint density at radius 3 is 0.992 bits per heavy atom. The van der Waals surface area contributed by atoms with Crippen molar-refractivity contribution in [3.05, 3.63) is 231 Å². The average molecular weight is 1710 g/mol. The molecule has 4 unspecified atom stereocenters. The number of fused-ring (bicyclic) bond motifs is 4. The summed E-state index contributed by atoms with van der Waals surface area (Å²) in [6, 6.07) is 26.8. The van der Waals surface area contributed by atoms with Gasteiger partial charge < -0.3 is 29.6 Å². The zero-order chi connectivity index (χ0) is 87.5. The number of hydrogen-bond donors (Lipinski definition) is 2. The van der Waals surface area contributed by atoms with Gasteiger partial charge in [0.05, 0.1) is 130 Å². The molecule has 28 nitrogen and oxygen atoms in total. The van der Waals surface area contributed by atoms with Crippen LogP contribution in [0.4, 0.5) is 11.6 Å². The topological polar surface area (TPSA) is 386 Å². The first-order valence-electron chi connectivity index (χ1n) is 39.0. The lowest BCUT2D eigenvalue weighted by Crippen LogP contribution is -2.40. The summed E-state index contributed by atoms with van der Waals surface area (Å²) in [5, 5.41) is 39.9. The number of nitrogens with one attached hydrogen (secondary N) is 2. The number of ether oxygens (including phenoxy) is 4. The molecule has 10 aromatic rings. The first kappa shape index (κ1) is 89.4. The summed E-state index contributed by atoms with van der Waals surface area (Å²) in [4.78, 5) is 97.3. The van der Waals surface area contributed by atoms with Crippen LogP contribution in [0.25, 0.3) is 0 Å². The molecular formula is C88H96Cl2N14O14S2. The highest BCUT2D eigenvalue weighted by molar-refractivity contribution is 7.91. The summed E-state index contributed by atoms with van der Waals surface area (Å²) in [6.07, 6.45) is 4.88. The van der Waals surface area contributed by atoms with Crippen molar-refractivity contribution in [2.24, 2.45) is 0 Å². The summed E-state index contributed by atoms with van der Waals surface area (Å²) >= 11 is 12.0. The smallest absolute Gasteiger partial charge is 0.236 e. The van der Waals surface area contributed by atoms with E-state index in [4.69, 9.17) is 42.1 Å². The third kappa shape index (κ3) is 18.4. The van der Waals surface area contributed by atoms with E-state index >= 15 is 0 Å². The van der Waals surface area contributed by atoms with Crippen molar-refractivity contribution < 1.29 is 64.6 Å². The van der Waals surface area contributed by atoms with Crippen molar-refractivity contribution in [3.8, 4) is 23.5 Å². The fourth-order valence-corrected chi connectivity index (χ4v) is 18.0. The Morgan fingerprint density at radius 2 is 0.692 bits per heavy atom. The van der Waals surface area contributed by atoms with Crippen LogP contribution in [-0.2, 0) is 89.4 Å². The van der Waals surface area contributed by atoms with Crippen LogP contribution in [0.1, 0.15) is 210 Å². The van der Waals surface area contributed by atoms with Crippen LogP contribution in [0.5, 0.6) is 23.5 Å². The molecule has 0 fully saturated rings. The SMILES string of the molecule is CCS(=O)(=O)c1ccc(CC(=O)Nc2cc(C)c3c(n2)CCC(C)(c2cc(C)c(OC)nn2)C3=O)cc1.CCS(=O)(=O)c1ccc(CC(=O)Nc2cc(C)c3c(n2)CCC(C)(c2nnc(OC)cc2C)C3=O)cc1.COc1cc(C)c(C2(C)CCc3nc(Cl)cc(C)c3C2=O)nn1.COc1nnc(C2(C)CCc3nc(Cl)cc(C)c3C2=O)cc1C. The van der Waals surface area contributed by atoms with E-state index in [1.165, 1.54) is 38.5 Å². The Kier molecular flexibility index (Phi) is 26.8. The first-order chi connectivity index (χ1) is 56.7. The zero-order valence-corrected chi connectivity index (χ0v) is 73.5. The Labute approximate surface area is 707 Å². The van der Waals surface area contributed by atoms with Gasteiger partial charge in [-0.1, -0.05) is 61.3 Å². The molecule has 0 saturated carbocycles. The Balaban J connectivity index is 0.000000160. The monoisotopic (exact) mass is 1710 g/mol. The van der Waals surface area contributed by atoms with Gasteiger partial charge in [0.1, 0.15) is 21.9 Å². The normalized spacial score (nSPS) is 18.4. The Morgan fingerprint density at radius 1 is 0.383 bits per heavy atom. The fourth-order valence-electron chi connectivity index (χ4n) is 15.7. The second kappa shape index (κ2) is 35.9. The number of benzene rings is 2. The third-order valence-electron chi connectivity index (χ3n) is 22.8. The second-order valence-electron chi connectivity index (χ2n) is 31.3. The molecule has 0 aliphatic heterocycles. The molecule has 4 atom stereocenters. The number of anilines is 2. The molecule has 0 spiro atoms. The van der Waals surface area contributed by atoms with E-state index in [0.717, 1.165) is 55.9 Å². The maximum Gasteiger partial charge on any atom is 0.236 e. The number of methoxy groups -OCH3 is 4. The minimum Gasteiger partial charge on any atom is -0.480 e. The van der Waals surface area contributed by atoms with E-state index in [0.29, 0.717) is 164 Å². The number of aromatic nitrogens is 12. The molecule has 0 saturated heterocycles. The standard InChI is InChI=1S/2C27H30N4O5S.2C17H18ClN3O2/c1-6-37(34,35)19-9-7-18(8-10-19)15-23(32)29-22-14-16(2)24-20(28-22)11-12-27(4,25(24)33)21-13-17(3)26(36-5)31-30-21;1-6-37(34,35)19-9-7-18(8-10-19)15-22(32)29-21-13-16(2)24-20(28-21)11-12-27(4,26(24)33)25-17(3)14-23(36-5)30-31-25;1-9-8-13(18)19-11-5-6-17(3,15(22)14(9)11)12-7-10(2)16(23-4)21-20-12;1-9-7-12(18)19-11-5-6-17(3,16(22)14(9)11)15-10(2)8-13(23-4)20-21-15/h2*7-10,13-14H,6,11-12,15H2,1-5H3,(H,28,29,32);2*7-8H,5-6H2,1-4H3. The number of nitrogens with zero attached hydrogens (tertiary/aromatic N) is 12. The molecule has 32 heteroatoms. The van der Waals surface area contributed by atoms with Crippen LogP contribution in [0.15, 0.2) is 107 Å². The molecule has 4 aliphatic rings. The number of Topliss-reactive ketones (excluding diaryl/α,β-unsaturated/α-hetero) is 4. The number of carbonyl (C=O) groups is 6. The molecule has 8 aromatic heterocycles. The zero-order valence-electron chi connectivity index (χ0n) is 70.4. The van der Waals surface area contributed by atoms with Crippen LogP contribution in [0.2, 0.25) is 10.3 Å². The summed E-state index contributed by atoms with van der Waals surface area (Å²) in [5.74, 6) is 1.89. The van der Waals surface area contributed by atoms with Crippen LogP contribution in [0.3, 0.4) is 0 Å². The lowest BCUT2D eigenvalue weighted by Gasteiger charge is -2.34. The van der Waals surface area contributed by atoms with Crippen LogP contribution >= 0.6 is 23.2 Å². The highest BCUT2D eigenvalue weighted by atomic mass is 35.5. The molecule has 120 heavy (non-hydrogen) atoms. The average Bonchev–Trinajstić information content (AvgIpc) is 0.760. The van der Waals surface area contributed by atoms with E-state index in [1.54, 1.807) is 82.7 Å². The maximum atomic E-state index is 13.7. The molecule has 628 valence electrons. The van der Waals surface area contributed by atoms with Gasteiger partial charge in [0.2, 0.25) is 35.3 Å². The van der Waals surface area contributed by atoms with Crippen LogP contribution in [0, 0.1) is 55.4 Å². The number of sulfone groups is 2. The van der Waals surface area contributed by atoms with Gasteiger partial charge in [-0.25, -0.2) is 36.8 Å². The summed E-state index contributed by atoms with van der Waals surface area (Å²) in [7, 11) is -0.433. The van der Waals surface area contributed by atoms with Crippen molar-refractivity contribution in [2.45, 2.75) is 193 Å². The molecule has 0 radical (unpaired) electrons. The number of pyridine rings is 4. The minimum atomic E-state index is -3.29. The van der Waals surface area contributed by atoms with Crippen molar-refractivity contribution in [3.63, 3.8) is 0 Å². The van der Waals surface area contributed by atoms with Crippen molar-refractivity contribution in [1.82, 2.24) is 60.7 Å². The largest absolute Gasteiger partial charge is 0.480 e. The van der Waals surface area contributed by atoms with Gasteiger partial charge in [0.25, 0.3) is 0 Å². The van der Waals surface area contributed by atoms with Gasteiger partial charge in [0, 0.05) is 45.5 Å². The summed E-state index contributed by atoms with van der Waals surface area (Å²) in [5.41, 5.74) is 12.7. The van der Waals surface area contributed by atoms with Crippen LogP contribution in [-0.4, -0.2) is 152 Å².